The fourth-order valence-electron chi connectivity index (χ4n) is 0.821. The van der Waals surface area contributed by atoms with Crippen molar-refractivity contribution in [3.8, 4) is 0 Å². The van der Waals surface area contributed by atoms with Crippen molar-refractivity contribution in [2.24, 2.45) is 5.92 Å². The number of nitrogens with one attached hydrogen (secondary N) is 1. The molecule has 1 amide bonds. The lowest BCUT2D eigenvalue weighted by Crippen LogP contribution is -2.29. The number of methoxy groups -OCH3 is 1. The van der Waals surface area contributed by atoms with Crippen molar-refractivity contribution in [1.29, 1.82) is 0 Å². The van der Waals surface area contributed by atoms with Gasteiger partial charge in [-0.1, -0.05) is 6.92 Å². The molecule has 0 spiro atoms. The van der Waals surface area contributed by atoms with Crippen LogP contribution in [0.15, 0.2) is 0 Å². The first kappa shape index (κ1) is 11.8. The molecule has 0 rings (SSSR count). The summed E-state index contributed by atoms with van der Waals surface area (Å²) in [5, 5.41) is 2.80. The van der Waals surface area contributed by atoms with Gasteiger partial charge in [-0.3, -0.25) is 4.79 Å². The van der Waals surface area contributed by atoms with Gasteiger partial charge in [0.25, 0.3) is 0 Å². The van der Waals surface area contributed by atoms with E-state index in [1.807, 2.05) is 6.92 Å². The lowest BCUT2D eigenvalue weighted by molar-refractivity contribution is -0.120. The first-order valence-corrected chi connectivity index (χ1v) is 4.70. The molecule has 0 saturated heterocycles. The van der Waals surface area contributed by atoms with Crippen molar-refractivity contribution in [2.75, 3.05) is 26.0 Å². The average Bonchev–Trinajstić information content (AvgIpc) is 2.02. The van der Waals surface area contributed by atoms with Crippen LogP contribution in [0.2, 0.25) is 0 Å². The number of hydrogen-bond acceptors (Lipinski definition) is 3. The summed E-state index contributed by atoms with van der Waals surface area (Å²) >= 11 is 3.96. The minimum Gasteiger partial charge on any atom is -0.384 e. The maximum absolute atomic E-state index is 11.0. The highest BCUT2D eigenvalue weighted by molar-refractivity contribution is 7.80. The van der Waals surface area contributed by atoms with E-state index in [0.29, 0.717) is 31.2 Å². The molecule has 72 valence electrons. The van der Waals surface area contributed by atoms with Crippen molar-refractivity contribution >= 4 is 18.5 Å². The monoisotopic (exact) mass is 191 g/mol. The lowest BCUT2D eigenvalue weighted by atomic mass is 10.2. The number of ether oxygens (including phenoxy) is 1. The largest absolute Gasteiger partial charge is 0.384 e. The first-order valence-electron chi connectivity index (χ1n) is 4.07. The third kappa shape index (κ3) is 6.49. The van der Waals surface area contributed by atoms with Crippen LogP contribution in [0.3, 0.4) is 0 Å². The first-order chi connectivity index (χ1) is 5.70. The van der Waals surface area contributed by atoms with E-state index < -0.39 is 0 Å². The Bertz CT molecular complexity index is 130. The number of rotatable bonds is 6. The van der Waals surface area contributed by atoms with Gasteiger partial charge in [0.1, 0.15) is 0 Å². The minimum atomic E-state index is 0.0629. The Morgan fingerprint density at radius 2 is 2.33 bits per heavy atom. The van der Waals surface area contributed by atoms with Gasteiger partial charge in [-0.15, -0.1) is 0 Å². The van der Waals surface area contributed by atoms with Crippen LogP contribution in [0.4, 0.5) is 0 Å². The van der Waals surface area contributed by atoms with Crippen LogP contribution in [-0.2, 0) is 9.53 Å². The maximum Gasteiger partial charge on any atom is 0.220 e. The predicted octanol–water partition coefficient (Wildman–Crippen LogP) is 0.705. The molecule has 0 aliphatic heterocycles. The highest BCUT2D eigenvalue weighted by Crippen LogP contribution is 1.92. The molecule has 12 heavy (non-hydrogen) atoms. The molecule has 1 N–H and O–H groups in total. The van der Waals surface area contributed by atoms with Gasteiger partial charge in [0.15, 0.2) is 0 Å². The van der Waals surface area contributed by atoms with E-state index in [4.69, 9.17) is 4.74 Å². The topological polar surface area (TPSA) is 38.3 Å². The van der Waals surface area contributed by atoms with E-state index in [1.54, 1.807) is 7.11 Å². The summed E-state index contributed by atoms with van der Waals surface area (Å²) in [6.45, 7) is 3.39. The highest BCUT2D eigenvalue weighted by Gasteiger charge is 2.03. The fraction of sp³-hybridized carbons (Fsp3) is 0.875. The Morgan fingerprint density at radius 3 is 2.83 bits per heavy atom. The summed E-state index contributed by atoms with van der Waals surface area (Å²) < 4.78 is 4.93. The molecular weight excluding hydrogens is 174 g/mol. The van der Waals surface area contributed by atoms with E-state index in [0.717, 1.165) is 0 Å². The van der Waals surface area contributed by atoms with Crippen molar-refractivity contribution in [3.63, 3.8) is 0 Å². The molecule has 0 aromatic carbocycles. The molecule has 0 aliphatic carbocycles. The zero-order chi connectivity index (χ0) is 9.40. The third-order valence-corrected chi connectivity index (χ3v) is 1.66. The highest BCUT2D eigenvalue weighted by atomic mass is 32.1. The average molecular weight is 191 g/mol. The quantitative estimate of drug-likeness (QED) is 0.607. The van der Waals surface area contributed by atoms with Crippen molar-refractivity contribution < 1.29 is 9.53 Å². The second-order valence-corrected chi connectivity index (χ2v) is 3.29. The summed E-state index contributed by atoms with van der Waals surface area (Å²) in [5.74, 6) is 1.04. The SMILES string of the molecule is COCC(C)CNC(=O)CCS. The second kappa shape index (κ2) is 7.43. The number of thiol groups is 1. The third-order valence-electron chi connectivity index (χ3n) is 1.44. The summed E-state index contributed by atoms with van der Waals surface area (Å²) in [7, 11) is 1.66. The van der Waals surface area contributed by atoms with Gasteiger partial charge in [-0.05, 0) is 11.7 Å². The van der Waals surface area contributed by atoms with Gasteiger partial charge in [0.2, 0.25) is 5.91 Å². The van der Waals surface area contributed by atoms with Gasteiger partial charge in [-0.2, -0.15) is 12.6 Å². The predicted molar refractivity (Wildman–Crippen MR) is 52.5 cm³/mol. The molecule has 0 aromatic rings. The summed E-state index contributed by atoms with van der Waals surface area (Å²) in [6.07, 6.45) is 0.489. The fourth-order valence-corrected chi connectivity index (χ4v) is 1.02. The van der Waals surface area contributed by atoms with Gasteiger partial charge in [-0.25, -0.2) is 0 Å². The molecule has 0 fully saturated rings. The molecule has 3 nitrogen and oxygen atoms in total. The van der Waals surface area contributed by atoms with Crippen LogP contribution < -0.4 is 5.32 Å². The zero-order valence-corrected chi connectivity index (χ0v) is 8.56. The number of amides is 1. The van der Waals surface area contributed by atoms with Crippen LogP contribution >= 0.6 is 12.6 Å². The summed E-state index contributed by atoms with van der Waals surface area (Å²) in [6, 6.07) is 0. The molecule has 0 bridgehead atoms. The zero-order valence-electron chi connectivity index (χ0n) is 7.67. The van der Waals surface area contributed by atoms with Crippen molar-refractivity contribution in [3.05, 3.63) is 0 Å². The maximum atomic E-state index is 11.0. The lowest BCUT2D eigenvalue weighted by Gasteiger charge is -2.10. The summed E-state index contributed by atoms with van der Waals surface area (Å²) in [5.41, 5.74) is 0. The van der Waals surface area contributed by atoms with Gasteiger partial charge < -0.3 is 10.1 Å². The molecule has 4 heteroatoms. The number of carbonyl (C=O) groups is 1. The van der Waals surface area contributed by atoms with E-state index in [2.05, 4.69) is 17.9 Å². The molecule has 0 aromatic heterocycles. The van der Waals surface area contributed by atoms with Crippen molar-refractivity contribution in [2.45, 2.75) is 13.3 Å². The second-order valence-electron chi connectivity index (χ2n) is 2.84. The Hall–Kier alpha value is -0.220. The Kier molecular flexibility index (Phi) is 7.29. The Morgan fingerprint density at radius 1 is 1.67 bits per heavy atom. The molecule has 0 aliphatic rings. The van der Waals surface area contributed by atoms with Gasteiger partial charge in [0, 0.05) is 20.1 Å². The standard InChI is InChI=1S/C8H17NO2S/c1-7(6-11-2)5-9-8(10)3-4-12/h7,12H,3-6H2,1-2H3,(H,9,10). The normalized spacial score (nSPS) is 12.6. The number of carbonyl (C=O) groups excluding carboxylic acids is 1. The Balaban J connectivity index is 3.33. The molecule has 0 saturated carbocycles. The smallest absolute Gasteiger partial charge is 0.220 e. The molecular formula is C8H17NO2S. The van der Waals surface area contributed by atoms with Crippen LogP contribution in [-0.4, -0.2) is 31.9 Å². The Labute approximate surface area is 79.3 Å². The van der Waals surface area contributed by atoms with E-state index >= 15 is 0 Å². The molecule has 0 heterocycles. The van der Waals surface area contributed by atoms with E-state index in [-0.39, 0.29) is 5.91 Å². The van der Waals surface area contributed by atoms with Crippen molar-refractivity contribution in [1.82, 2.24) is 5.32 Å². The minimum absolute atomic E-state index is 0.0629. The van der Waals surface area contributed by atoms with Crippen LogP contribution in [0.5, 0.6) is 0 Å². The molecule has 0 radical (unpaired) electrons. The summed E-state index contributed by atoms with van der Waals surface area (Å²) in [4.78, 5) is 11.0. The van der Waals surface area contributed by atoms with Crippen LogP contribution in [0, 0.1) is 5.92 Å². The van der Waals surface area contributed by atoms with E-state index in [9.17, 15) is 4.79 Å². The molecule has 1 atom stereocenters. The van der Waals surface area contributed by atoms with Crippen LogP contribution in [0.25, 0.3) is 0 Å². The number of hydrogen-bond donors (Lipinski definition) is 2. The van der Waals surface area contributed by atoms with Gasteiger partial charge in [0.05, 0.1) is 6.61 Å². The molecule has 1 unspecified atom stereocenters. The van der Waals surface area contributed by atoms with E-state index in [1.165, 1.54) is 0 Å². The van der Waals surface area contributed by atoms with Gasteiger partial charge >= 0.3 is 0 Å². The van der Waals surface area contributed by atoms with Crippen LogP contribution in [0.1, 0.15) is 13.3 Å².